The highest BCUT2D eigenvalue weighted by atomic mass is 35.5. The van der Waals surface area contributed by atoms with Crippen LogP contribution in [0.15, 0.2) is 42.5 Å². The molecule has 1 aliphatic rings. The van der Waals surface area contributed by atoms with Gasteiger partial charge in [0.2, 0.25) is 0 Å². The van der Waals surface area contributed by atoms with Crippen LogP contribution >= 0.6 is 23.2 Å². The summed E-state index contributed by atoms with van der Waals surface area (Å²) < 4.78 is 5.56. The highest BCUT2D eigenvalue weighted by Crippen LogP contribution is 2.39. The first-order chi connectivity index (χ1) is 12.5. The molecule has 1 aliphatic heterocycles. The molecule has 138 valence electrons. The monoisotopic (exact) mass is 393 g/mol. The number of nitrogens with zero attached hydrogens (tertiary/aromatic N) is 1. The van der Waals surface area contributed by atoms with E-state index in [1.807, 2.05) is 36.4 Å². The van der Waals surface area contributed by atoms with Crippen LogP contribution in [0.25, 0.3) is 0 Å². The number of methoxy groups -OCH3 is 1. The van der Waals surface area contributed by atoms with Crippen LogP contribution in [0.4, 0.5) is 0 Å². The van der Waals surface area contributed by atoms with Gasteiger partial charge in [-0.15, -0.1) is 0 Å². The first-order valence-electron chi connectivity index (χ1n) is 8.55. The molecule has 26 heavy (non-hydrogen) atoms. The highest BCUT2D eigenvalue weighted by molar-refractivity contribution is 6.31. The molecule has 2 aromatic rings. The summed E-state index contributed by atoms with van der Waals surface area (Å²) in [4.78, 5) is 13.7. The molecule has 4 nitrogen and oxygen atoms in total. The van der Waals surface area contributed by atoms with E-state index in [0.717, 1.165) is 29.8 Å². The van der Waals surface area contributed by atoms with Crippen molar-refractivity contribution in [2.24, 2.45) is 5.92 Å². The first kappa shape index (κ1) is 19.0. The standard InChI is InChI=1S/C20H21Cl2NO3/c1-26-18-8-7-16(22)11-17(18)19(13-4-2-6-15(21)10-13)23-9-3-5-14(12-23)20(24)25/h2,4,6-8,10-11,14,19H,3,5,9,12H2,1H3,(H,24,25). The Balaban J connectivity index is 2.08. The molecule has 0 amide bonds. The maximum atomic E-state index is 11.5. The molecule has 0 aliphatic carbocycles. The minimum Gasteiger partial charge on any atom is -0.496 e. The van der Waals surface area contributed by atoms with Gasteiger partial charge in [-0.2, -0.15) is 0 Å². The summed E-state index contributed by atoms with van der Waals surface area (Å²) in [7, 11) is 1.62. The molecule has 1 fully saturated rings. The zero-order valence-electron chi connectivity index (χ0n) is 14.5. The van der Waals surface area contributed by atoms with Crippen molar-refractivity contribution < 1.29 is 14.6 Å². The molecule has 0 spiro atoms. The van der Waals surface area contributed by atoms with Crippen LogP contribution in [0.5, 0.6) is 5.75 Å². The maximum absolute atomic E-state index is 11.5. The predicted octanol–water partition coefficient (Wildman–Crippen LogP) is 4.89. The van der Waals surface area contributed by atoms with Crippen molar-refractivity contribution in [3.05, 3.63) is 63.6 Å². The second-order valence-electron chi connectivity index (χ2n) is 6.52. The Kier molecular flexibility index (Phi) is 6.07. The van der Waals surface area contributed by atoms with Gasteiger partial charge in [-0.25, -0.2) is 0 Å². The van der Waals surface area contributed by atoms with E-state index >= 15 is 0 Å². The van der Waals surface area contributed by atoms with Gasteiger partial charge in [0.1, 0.15) is 5.75 Å². The Morgan fingerprint density at radius 3 is 2.69 bits per heavy atom. The van der Waals surface area contributed by atoms with Crippen molar-refractivity contribution in [1.82, 2.24) is 4.90 Å². The number of hydrogen-bond donors (Lipinski definition) is 1. The highest BCUT2D eigenvalue weighted by Gasteiger charge is 2.32. The molecule has 1 heterocycles. The minimum absolute atomic E-state index is 0.176. The van der Waals surface area contributed by atoms with E-state index in [2.05, 4.69) is 4.90 Å². The maximum Gasteiger partial charge on any atom is 0.307 e. The Bertz CT molecular complexity index is 796. The van der Waals surface area contributed by atoms with Crippen LogP contribution in [-0.2, 0) is 4.79 Å². The van der Waals surface area contributed by atoms with Crippen LogP contribution in [-0.4, -0.2) is 36.2 Å². The molecule has 0 aromatic heterocycles. The molecular weight excluding hydrogens is 373 g/mol. The number of benzene rings is 2. The van der Waals surface area contributed by atoms with E-state index in [0.29, 0.717) is 23.0 Å². The number of carbonyl (C=O) groups is 1. The number of carboxylic acids is 1. The van der Waals surface area contributed by atoms with Crippen molar-refractivity contribution in [1.29, 1.82) is 0 Å². The van der Waals surface area contributed by atoms with Gasteiger partial charge in [0.05, 0.1) is 19.1 Å². The van der Waals surface area contributed by atoms with E-state index in [-0.39, 0.29) is 12.0 Å². The van der Waals surface area contributed by atoms with E-state index in [1.54, 1.807) is 13.2 Å². The third-order valence-corrected chi connectivity index (χ3v) is 5.29. The van der Waals surface area contributed by atoms with Gasteiger partial charge in [0, 0.05) is 22.2 Å². The van der Waals surface area contributed by atoms with Crippen LogP contribution in [0.3, 0.4) is 0 Å². The SMILES string of the molecule is COc1ccc(Cl)cc1C(c1cccc(Cl)c1)N1CCCC(C(=O)O)C1. The van der Waals surface area contributed by atoms with Gasteiger partial charge in [-0.3, -0.25) is 9.69 Å². The van der Waals surface area contributed by atoms with Crippen LogP contribution < -0.4 is 4.74 Å². The zero-order chi connectivity index (χ0) is 18.7. The molecule has 2 atom stereocenters. The molecule has 6 heteroatoms. The summed E-state index contributed by atoms with van der Waals surface area (Å²) in [6, 6.07) is 13.0. The number of hydrogen-bond acceptors (Lipinski definition) is 3. The van der Waals surface area contributed by atoms with E-state index in [4.69, 9.17) is 27.9 Å². The van der Waals surface area contributed by atoms with Gasteiger partial charge in [-0.1, -0.05) is 35.3 Å². The fraction of sp³-hybridized carbons (Fsp3) is 0.350. The topological polar surface area (TPSA) is 49.8 Å². The summed E-state index contributed by atoms with van der Waals surface area (Å²) in [6.45, 7) is 1.28. The summed E-state index contributed by atoms with van der Waals surface area (Å²) in [5.74, 6) is -0.412. The summed E-state index contributed by atoms with van der Waals surface area (Å²) >= 11 is 12.5. The van der Waals surface area contributed by atoms with Gasteiger partial charge in [0.15, 0.2) is 0 Å². The van der Waals surface area contributed by atoms with Crippen molar-refractivity contribution in [3.63, 3.8) is 0 Å². The second-order valence-corrected chi connectivity index (χ2v) is 7.39. The fourth-order valence-corrected chi connectivity index (χ4v) is 4.00. The average molecular weight is 394 g/mol. The first-order valence-corrected chi connectivity index (χ1v) is 9.31. The van der Waals surface area contributed by atoms with Gasteiger partial charge in [0.25, 0.3) is 0 Å². The van der Waals surface area contributed by atoms with Gasteiger partial charge >= 0.3 is 5.97 Å². The largest absolute Gasteiger partial charge is 0.496 e. The Labute approximate surface area is 163 Å². The van der Waals surface area contributed by atoms with Gasteiger partial charge < -0.3 is 9.84 Å². The lowest BCUT2D eigenvalue weighted by molar-refractivity contribution is -0.143. The number of aliphatic carboxylic acids is 1. The summed E-state index contributed by atoms with van der Waals surface area (Å²) in [5, 5.41) is 10.7. The van der Waals surface area contributed by atoms with E-state index in [1.165, 1.54) is 0 Å². The lowest BCUT2D eigenvalue weighted by Crippen LogP contribution is -2.41. The third-order valence-electron chi connectivity index (χ3n) is 4.82. The molecule has 3 rings (SSSR count). The molecule has 0 saturated carbocycles. The molecule has 0 radical (unpaired) electrons. The molecule has 0 bridgehead atoms. The number of halogens is 2. The number of carboxylic acid groups (broad SMARTS) is 1. The quantitative estimate of drug-likeness (QED) is 0.785. The number of piperidine rings is 1. The van der Waals surface area contributed by atoms with Crippen molar-refractivity contribution in [2.75, 3.05) is 20.2 Å². The fourth-order valence-electron chi connectivity index (χ4n) is 3.63. The van der Waals surface area contributed by atoms with Crippen LogP contribution in [0, 0.1) is 5.92 Å². The van der Waals surface area contributed by atoms with Crippen molar-refractivity contribution >= 4 is 29.2 Å². The smallest absolute Gasteiger partial charge is 0.307 e. The lowest BCUT2D eigenvalue weighted by Gasteiger charge is -2.38. The Morgan fingerprint density at radius 1 is 1.23 bits per heavy atom. The predicted molar refractivity (Wildman–Crippen MR) is 103 cm³/mol. The molecular formula is C20H21Cl2NO3. The average Bonchev–Trinajstić information content (AvgIpc) is 2.62. The number of ether oxygens (including phenoxy) is 1. The normalized spacial score (nSPS) is 19.1. The van der Waals surface area contributed by atoms with E-state index in [9.17, 15) is 9.90 Å². The Morgan fingerprint density at radius 2 is 2.00 bits per heavy atom. The van der Waals surface area contributed by atoms with Crippen LogP contribution in [0.1, 0.15) is 30.0 Å². The summed E-state index contributed by atoms with van der Waals surface area (Å²) in [5.41, 5.74) is 1.90. The molecule has 1 N–H and O–H groups in total. The van der Waals surface area contributed by atoms with Crippen molar-refractivity contribution in [3.8, 4) is 5.75 Å². The molecule has 2 aromatic carbocycles. The molecule has 1 saturated heterocycles. The molecule has 2 unspecified atom stereocenters. The Hall–Kier alpha value is -1.75. The number of rotatable bonds is 5. The second kappa shape index (κ2) is 8.30. The van der Waals surface area contributed by atoms with Crippen LogP contribution in [0.2, 0.25) is 10.0 Å². The third kappa shape index (κ3) is 4.14. The van der Waals surface area contributed by atoms with Crippen molar-refractivity contribution in [2.45, 2.75) is 18.9 Å². The zero-order valence-corrected chi connectivity index (χ0v) is 16.0. The minimum atomic E-state index is -0.752. The lowest BCUT2D eigenvalue weighted by atomic mass is 9.91. The summed E-state index contributed by atoms with van der Waals surface area (Å²) in [6.07, 6.45) is 1.53. The van der Waals surface area contributed by atoms with Gasteiger partial charge in [-0.05, 0) is 55.3 Å². The number of likely N-dealkylation sites (tertiary alicyclic amines) is 1. The van der Waals surface area contributed by atoms with E-state index < -0.39 is 5.97 Å².